The highest BCUT2D eigenvalue weighted by molar-refractivity contribution is 9.11. The summed E-state index contributed by atoms with van der Waals surface area (Å²) in [7, 11) is 0. The Morgan fingerprint density at radius 3 is 2.94 bits per heavy atom. The van der Waals surface area contributed by atoms with Crippen LogP contribution >= 0.6 is 27.3 Å². The molecule has 2 heterocycles. The molecule has 0 aliphatic heterocycles. The van der Waals surface area contributed by atoms with Crippen LogP contribution in [0.1, 0.15) is 37.7 Å². The lowest BCUT2D eigenvalue weighted by molar-refractivity contribution is 0.542. The minimum absolute atomic E-state index is 0.183. The van der Waals surface area contributed by atoms with E-state index in [1.807, 2.05) is 12.4 Å². The van der Waals surface area contributed by atoms with Crippen molar-refractivity contribution in [3.63, 3.8) is 0 Å². The van der Waals surface area contributed by atoms with Gasteiger partial charge in [-0.05, 0) is 52.8 Å². The zero-order valence-corrected chi connectivity index (χ0v) is 13.1. The monoisotopic (exact) mass is 327 g/mol. The number of thiophene rings is 1. The average Bonchev–Trinajstić information content (AvgIpc) is 2.99. The Morgan fingerprint density at radius 1 is 1.50 bits per heavy atom. The van der Waals surface area contributed by atoms with E-state index < -0.39 is 0 Å². The number of halogens is 1. The van der Waals surface area contributed by atoms with Crippen LogP contribution in [0.5, 0.6) is 0 Å². The van der Waals surface area contributed by atoms with Crippen LogP contribution in [0.15, 0.2) is 27.6 Å². The summed E-state index contributed by atoms with van der Waals surface area (Å²) in [6, 6.07) is 2.36. The number of aryl methyl sites for hydroxylation is 1. The highest BCUT2D eigenvalue weighted by Crippen LogP contribution is 2.28. The number of hydrogen-bond acceptors (Lipinski definition) is 3. The molecule has 18 heavy (non-hydrogen) atoms. The standard InChI is InChI=1S/C13H18BrN3S/c1-3-5-15-12(10-8-11(14)18-9-10)13-16-6-7-17(13)4-2/h6-9,12,15H,3-5H2,1-2H3. The third-order valence-corrected chi connectivity index (χ3v) is 4.39. The highest BCUT2D eigenvalue weighted by Gasteiger charge is 2.19. The Balaban J connectivity index is 2.30. The second-order valence-corrected chi connectivity index (χ2v) is 6.43. The maximum Gasteiger partial charge on any atom is 0.130 e. The van der Waals surface area contributed by atoms with Crippen LogP contribution in [-0.2, 0) is 6.54 Å². The lowest BCUT2D eigenvalue weighted by atomic mass is 10.1. The summed E-state index contributed by atoms with van der Waals surface area (Å²) in [5, 5.41) is 5.77. The molecule has 1 N–H and O–H groups in total. The Morgan fingerprint density at radius 2 is 2.33 bits per heavy atom. The lowest BCUT2D eigenvalue weighted by Crippen LogP contribution is -2.25. The van der Waals surface area contributed by atoms with Crippen molar-refractivity contribution in [1.82, 2.24) is 14.9 Å². The van der Waals surface area contributed by atoms with Gasteiger partial charge in [0.25, 0.3) is 0 Å². The molecule has 2 aromatic heterocycles. The van der Waals surface area contributed by atoms with Crippen molar-refractivity contribution >= 4 is 27.3 Å². The summed E-state index contributed by atoms with van der Waals surface area (Å²) < 4.78 is 3.36. The van der Waals surface area contributed by atoms with Crippen LogP contribution in [0.25, 0.3) is 0 Å². The smallest absolute Gasteiger partial charge is 0.130 e. The molecule has 2 aromatic rings. The van der Waals surface area contributed by atoms with Gasteiger partial charge in [-0.25, -0.2) is 4.98 Å². The first-order valence-corrected chi connectivity index (χ1v) is 7.91. The molecule has 0 saturated heterocycles. The fourth-order valence-electron chi connectivity index (χ4n) is 1.97. The van der Waals surface area contributed by atoms with E-state index in [1.165, 1.54) is 5.56 Å². The molecule has 2 rings (SSSR count). The maximum absolute atomic E-state index is 4.52. The molecule has 0 spiro atoms. The second kappa shape index (κ2) is 6.50. The van der Waals surface area contributed by atoms with Crippen molar-refractivity contribution in [1.29, 1.82) is 0 Å². The van der Waals surface area contributed by atoms with E-state index in [1.54, 1.807) is 11.3 Å². The number of nitrogens with zero attached hydrogens (tertiary/aromatic N) is 2. The van der Waals surface area contributed by atoms with Gasteiger partial charge in [-0.3, -0.25) is 0 Å². The van der Waals surface area contributed by atoms with Gasteiger partial charge in [0.2, 0.25) is 0 Å². The molecule has 0 fully saturated rings. The Hall–Kier alpha value is -0.650. The predicted octanol–water partition coefficient (Wildman–Crippen LogP) is 3.82. The molecule has 0 aliphatic carbocycles. The molecular weight excluding hydrogens is 310 g/mol. The summed E-state index contributed by atoms with van der Waals surface area (Å²) in [5.74, 6) is 1.09. The van der Waals surface area contributed by atoms with Gasteiger partial charge in [-0.15, -0.1) is 11.3 Å². The number of aromatic nitrogens is 2. The van der Waals surface area contributed by atoms with Crippen LogP contribution in [0.4, 0.5) is 0 Å². The molecule has 0 aromatic carbocycles. The number of nitrogens with one attached hydrogen (secondary N) is 1. The molecule has 0 amide bonds. The Bertz CT molecular complexity index is 492. The van der Waals surface area contributed by atoms with E-state index in [9.17, 15) is 0 Å². The predicted molar refractivity (Wildman–Crippen MR) is 80.1 cm³/mol. The van der Waals surface area contributed by atoms with Gasteiger partial charge in [-0.2, -0.15) is 0 Å². The van der Waals surface area contributed by atoms with Crippen LogP contribution in [0.3, 0.4) is 0 Å². The SMILES string of the molecule is CCCNC(c1csc(Br)c1)c1nccn1CC. The van der Waals surface area contributed by atoms with Crippen molar-refractivity contribution < 1.29 is 0 Å². The van der Waals surface area contributed by atoms with E-state index in [0.29, 0.717) is 0 Å². The quantitative estimate of drug-likeness (QED) is 0.874. The molecule has 0 radical (unpaired) electrons. The molecule has 98 valence electrons. The lowest BCUT2D eigenvalue weighted by Gasteiger charge is -2.18. The summed E-state index contributed by atoms with van der Waals surface area (Å²) in [6.45, 7) is 6.27. The first-order chi connectivity index (χ1) is 8.76. The van der Waals surface area contributed by atoms with Gasteiger partial charge < -0.3 is 9.88 Å². The van der Waals surface area contributed by atoms with E-state index in [2.05, 4.69) is 56.1 Å². The van der Waals surface area contributed by atoms with E-state index >= 15 is 0 Å². The first-order valence-electron chi connectivity index (χ1n) is 6.24. The second-order valence-electron chi connectivity index (χ2n) is 4.14. The van der Waals surface area contributed by atoms with Gasteiger partial charge >= 0.3 is 0 Å². The fraction of sp³-hybridized carbons (Fsp3) is 0.462. The molecule has 5 heteroatoms. The molecule has 0 saturated carbocycles. The van der Waals surface area contributed by atoms with E-state index in [-0.39, 0.29) is 6.04 Å². The Kier molecular flexibility index (Phi) is 4.97. The average molecular weight is 328 g/mol. The molecular formula is C13H18BrN3S. The summed E-state index contributed by atoms with van der Waals surface area (Å²) in [4.78, 5) is 4.52. The van der Waals surface area contributed by atoms with Gasteiger partial charge in [-0.1, -0.05) is 6.92 Å². The fourth-order valence-corrected chi connectivity index (χ4v) is 3.17. The van der Waals surface area contributed by atoms with Crippen LogP contribution in [0, 0.1) is 0 Å². The van der Waals surface area contributed by atoms with Crippen molar-refractivity contribution in [2.24, 2.45) is 0 Å². The third kappa shape index (κ3) is 3.02. The van der Waals surface area contributed by atoms with Gasteiger partial charge in [0.05, 0.1) is 9.83 Å². The topological polar surface area (TPSA) is 29.9 Å². The van der Waals surface area contributed by atoms with Crippen molar-refractivity contribution in [2.75, 3.05) is 6.54 Å². The van der Waals surface area contributed by atoms with Crippen LogP contribution in [0.2, 0.25) is 0 Å². The van der Waals surface area contributed by atoms with E-state index in [0.717, 1.165) is 29.1 Å². The van der Waals surface area contributed by atoms with Crippen molar-refractivity contribution in [3.8, 4) is 0 Å². The normalized spacial score (nSPS) is 12.8. The molecule has 0 bridgehead atoms. The highest BCUT2D eigenvalue weighted by atomic mass is 79.9. The summed E-state index contributed by atoms with van der Waals surface area (Å²) in [5.41, 5.74) is 1.28. The number of hydrogen-bond donors (Lipinski definition) is 1. The Labute approximate surface area is 120 Å². The number of imidazole rings is 1. The molecule has 3 nitrogen and oxygen atoms in total. The van der Waals surface area contributed by atoms with Gasteiger partial charge in [0.15, 0.2) is 0 Å². The van der Waals surface area contributed by atoms with Crippen LogP contribution < -0.4 is 5.32 Å². The zero-order chi connectivity index (χ0) is 13.0. The van der Waals surface area contributed by atoms with Gasteiger partial charge in [0.1, 0.15) is 5.82 Å². The zero-order valence-electron chi connectivity index (χ0n) is 10.7. The number of rotatable bonds is 6. The first kappa shape index (κ1) is 13.8. The van der Waals surface area contributed by atoms with E-state index in [4.69, 9.17) is 0 Å². The van der Waals surface area contributed by atoms with Crippen molar-refractivity contribution in [3.05, 3.63) is 39.0 Å². The summed E-state index contributed by atoms with van der Waals surface area (Å²) >= 11 is 5.25. The van der Waals surface area contributed by atoms with Gasteiger partial charge in [0, 0.05) is 18.9 Å². The minimum atomic E-state index is 0.183. The van der Waals surface area contributed by atoms with Crippen molar-refractivity contribution in [2.45, 2.75) is 32.9 Å². The molecule has 0 aliphatic rings. The largest absolute Gasteiger partial charge is 0.334 e. The molecule has 1 atom stereocenters. The third-order valence-electron chi connectivity index (χ3n) is 2.87. The maximum atomic E-state index is 4.52. The minimum Gasteiger partial charge on any atom is -0.334 e. The summed E-state index contributed by atoms with van der Waals surface area (Å²) in [6.07, 6.45) is 5.03. The van der Waals surface area contributed by atoms with Crippen LogP contribution in [-0.4, -0.2) is 16.1 Å². The molecule has 1 unspecified atom stereocenters.